The molecule has 1 aromatic carbocycles. The third kappa shape index (κ3) is 4.35. The summed E-state index contributed by atoms with van der Waals surface area (Å²) >= 11 is 6.00. The lowest BCUT2D eigenvalue weighted by molar-refractivity contribution is -0.141. The number of aryl methyl sites for hydroxylation is 1. The van der Waals surface area contributed by atoms with Crippen LogP contribution in [0.3, 0.4) is 0 Å². The van der Waals surface area contributed by atoms with E-state index in [1.807, 2.05) is 0 Å². The fraction of sp³-hybridized carbons (Fsp3) is 0.353. The molecule has 0 spiro atoms. The molecule has 0 amide bonds. The second-order valence-electron chi connectivity index (χ2n) is 5.72. The van der Waals surface area contributed by atoms with Crippen molar-refractivity contribution in [3.05, 3.63) is 52.3 Å². The highest BCUT2D eigenvalue weighted by Gasteiger charge is 2.32. The second kappa shape index (κ2) is 7.09. The Kier molecular flexibility index (Phi) is 5.06. The van der Waals surface area contributed by atoms with Crippen molar-refractivity contribution >= 4 is 11.6 Å². The van der Waals surface area contributed by atoms with Crippen LogP contribution in [-0.2, 0) is 12.8 Å². The molecule has 0 unspecified atom stereocenters. The van der Waals surface area contributed by atoms with Gasteiger partial charge in [-0.05, 0) is 25.1 Å². The average molecular weight is 373 g/mol. The van der Waals surface area contributed by atoms with Crippen LogP contribution < -0.4 is 14.8 Å². The van der Waals surface area contributed by atoms with Crippen LogP contribution in [0.15, 0.2) is 30.3 Å². The molecule has 25 heavy (non-hydrogen) atoms. The highest BCUT2D eigenvalue weighted by atomic mass is 35.5. The molecule has 1 aliphatic rings. The molecule has 0 bridgehead atoms. The summed E-state index contributed by atoms with van der Waals surface area (Å²) in [6.07, 6.45) is -4.41. The van der Waals surface area contributed by atoms with Crippen LogP contribution in [0.25, 0.3) is 0 Å². The van der Waals surface area contributed by atoms with E-state index in [-0.39, 0.29) is 18.4 Å². The van der Waals surface area contributed by atoms with Crippen molar-refractivity contribution in [2.75, 3.05) is 13.1 Å². The predicted octanol–water partition coefficient (Wildman–Crippen LogP) is 3.99. The van der Waals surface area contributed by atoms with Gasteiger partial charge in [0.1, 0.15) is 18.4 Å². The third-order valence-electron chi connectivity index (χ3n) is 3.81. The van der Waals surface area contributed by atoms with E-state index in [0.717, 1.165) is 19.2 Å². The van der Waals surface area contributed by atoms with Gasteiger partial charge in [-0.25, -0.2) is 4.98 Å². The van der Waals surface area contributed by atoms with Crippen molar-refractivity contribution in [2.45, 2.75) is 25.8 Å². The molecule has 134 valence electrons. The van der Waals surface area contributed by atoms with E-state index in [2.05, 4.69) is 10.3 Å². The Labute approximate surface area is 147 Å². The van der Waals surface area contributed by atoms with Gasteiger partial charge in [-0.2, -0.15) is 13.2 Å². The lowest BCUT2D eigenvalue weighted by Gasteiger charge is -2.28. The number of nitrogens with zero attached hydrogens (tertiary/aromatic N) is 1. The van der Waals surface area contributed by atoms with Crippen LogP contribution in [-0.4, -0.2) is 24.2 Å². The van der Waals surface area contributed by atoms with Gasteiger partial charge in [-0.1, -0.05) is 17.7 Å². The minimum Gasteiger partial charge on any atom is -0.485 e. The van der Waals surface area contributed by atoms with Gasteiger partial charge in [-0.15, -0.1) is 0 Å². The molecule has 0 radical (unpaired) electrons. The fourth-order valence-electron chi connectivity index (χ4n) is 2.27. The Balaban J connectivity index is 1.73. The zero-order valence-electron chi connectivity index (χ0n) is 13.4. The molecular weight excluding hydrogens is 357 g/mol. The van der Waals surface area contributed by atoms with Crippen molar-refractivity contribution < 1.29 is 22.6 Å². The van der Waals surface area contributed by atoms with Gasteiger partial charge in [-0.3, -0.25) is 0 Å². The van der Waals surface area contributed by atoms with E-state index in [9.17, 15) is 13.2 Å². The summed E-state index contributed by atoms with van der Waals surface area (Å²) in [6, 6.07) is 7.33. The minimum absolute atomic E-state index is 0.0512. The first-order chi connectivity index (χ1) is 11.8. The van der Waals surface area contributed by atoms with Crippen LogP contribution in [0.2, 0.25) is 5.02 Å². The van der Waals surface area contributed by atoms with Gasteiger partial charge in [0.2, 0.25) is 0 Å². The summed E-state index contributed by atoms with van der Waals surface area (Å²) in [4.78, 5) is 3.60. The molecule has 0 aliphatic carbocycles. The molecule has 1 fully saturated rings. The van der Waals surface area contributed by atoms with Crippen LogP contribution in [0, 0.1) is 6.92 Å². The first-order valence-corrected chi connectivity index (χ1v) is 8.04. The summed E-state index contributed by atoms with van der Waals surface area (Å²) in [5.74, 6) is 0.993. The summed E-state index contributed by atoms with van der Waals surface area (Å²) in [5, 5.41) is 3.62. The summed E-state index contributed by atoms with van der Waals surface area (Å²) in [7, 11) is 0. The smallest absolute Gasteiger partial charge is 0.433 e. The SMILES string of the molecule is Cc1nc(C(F)(F)F)ccc1COc1ccc(Cl)cc1OC1CNC1. The Morgan fingerprint density at radius 3 is 2.56 bits per heavy atom. The van der Waals surface area contributed by atoms with E-state index in [4.69, 9.17) is 21.1 Å². The molecule has 3 rings (SSSR count). The molecule has 4 nitrogen and oxygen atoms in total. The lowest BCUT2D eigenvalue weighted by atomic mass is 10.2. The summed E-state index contributed by atoms with van der Waals surface area (Å²) in [5.41, 5.74) is -0.0737. The third-order valence-corrected chi connectivity index (χ3v) is 4.05. The number of aromatic nitrogens is 1. The van der Waals surface area contributed by atoms with Gasteiger partial charge in [0.15, 0.2) is 11.5 Å². The van der Waals surface area contributed by atoms with E-state index in [1.54, 1.807) is 18.2 Å². The van der Waals surface area contributed by atoms with Crippen LogP contribution in [0.5, 0.6) is 11.5 Å². The number of pyridine rings is 1. The molecule has 1 saturated heterocycles. The molecule has 2 heterocycles. The lowest BCUT2D eigenvalue weighted by Crippen LogP contribution is -2.50. The number of alkyl halides is 3. The Morgan fingerprint density at radius 2 is 1.96 bits per heavy atom. The summed E-state index contributed by atoms with van der Waals surface area (Å²) in [6.45, 7) is 3.09. The van der Waals surface area contributed by atoms with Crippen LogP contribution in [0.4, 0.5) is 13.2 Å². The topological polar surface area (TPSA) is 43.4 Å². The van der Waals surface area contributed by atoms with Crippen molar-refractivity contribution in [2.24, 2.45) is 0 Å². The number of rotatable bonds is 5. The highest BCUT2D eigenvalue weighted by molar-refractivity contribution is 6.30. The quantitative estimate of drug-likeness (QED) is 0.861. The minimum atomic E-state index is -4.46. The molecule has 8 heteroatoms. The Hall–Kier alpha value is -1.99. The molecular formula is C17H16ClF3N2O2. The molecule has 1 aliphatic heterocycles. The van der Waals surface area contributed by atoms with E-state index in [1.165, 1.54) is 13.0 Å². The van der Waals surface area contributed by atoms with Crippen LogP contribution in [0.1, 0.15) is 17.0 Å². The first-order valence-electron chi connectivity index (χ1n) is 7.66. The van der Waals surface area contributed by atoms with Crippen LogP contribution >= 0.6 is 11.6 Å². The number of benzene rings is 1. The normalized spacial score (nSPS) is 14.9. The number of ether oxygens (including phenoxy) is 2. The standard InChI is InChI=1S/C17H16ClF3N2O2/c1-10-11(2-5-16(23-10)17(19,20)21)9-24-14-4-3-12(18)6-15(14)25-13-7-22-8-13/h2-6,13,22H,7-9H2,1H3. The van der Waals surface area contributed by atoms with Crippen molar-refractivity contribution in [3.63, 3.8) is 0 Å². The van der Waals surface area contributed by atoms with Gasteiger partial charge in [0.05, 0.1) is 0 Å². The second-order valence-corrected chi connectivity index (χ2v) is 6.15. The van der Waals surface area contributed by atoms with Gasteiger partial charge >= 0.3 is 6.18 Å². The number of nitrogens with one attached hydrogen (secondary N) is 1. The van der Waals surface area contributed by atoms with Crippen molar-refractivity contribution in [1.29, 1.82) is 0 Å². The fourth-order valence-corrected chi connectivity index (χ4v) is 2.44. The Morgan fingerprint density at radius 1 is 1.20 bits per heavy atom. The average Bonchev–Trinajstić information content (AvgIpc) is 2.50. The van der Waals surface area contributed by atoms with Crippen molar-refractivity contribution in [3.8, 4) is 11.5 Å². The van der Waals surface area contributed by atoms with E-state index in [0.29, 0.717) is 22.1 Å². The largest absolute Gasteiger partial charge is 0.485 e. The highest BCUT2D eigenvalue weighted by Crippen LogP contribution is 2.33. The Bertz CT molecular complexity index is 764. The number of hydrogen-bond acceptors (Lipinski definition) is 4. The zero-order valence-corrected chi connectivity index (χ0v) is 14.1. The molecule has 2 aromatic rings. The van der Waals surface area contributed by atoms with Gasteiger partial charge in [0, 0.05) is 35.4 Å². The van der Waals surface area contributed by atoms with E-state index >= 15 is 0 Å². The summed E-state index contributed by atoms with van der Waals surface area (Å²) < 4.78 is 49.6. The maximum Gasteiger partial charge on any atom is 0.433 e. The van der Waals surface area contributed by atoms with Crippen molar-refractivity contribution in [1.82, 2.24) is 10.3 Å². The molecule has 1 aromatic heterocycles. The molecule has 0 saturated carbocycles. The molecule has 0 atom stereocenters. The maximum absolute atomic E-state index is 12.7. The zero-order chi connectivity index (χ0) is 18.0. The van der Waals surface area contributed by atoms with Gasteiger partial charge in [0.25, 0.3) is 0 Å². The maximum atomic E-state index is 12.7. The first kappa shape index (κ1) is 17.8. The van der Waals surface area contributed by atoms with E-state index < -0.39 is 11.9 Å². The monoisotopic (exact) mass is 372 g/mol. The number of hydrogen-bond donors (Lipinski definition) is 1. The van der Waals surface area contributed by atoms with Gasteiger partial charge < -0.3 is 14.8 Å². The predicted molar refractivity (Wildman–Crippen MR) is 87.0 cm³/mol. The molecule has 1 N–H and O–H groups in total. The number of halogens is 4.